The lowest BCUT2D eigenvalue weighted by molar-refractivity contribution is 0.0526. The number of benzene rings is 1. The van der Waals surface area contributed by atoms with E-state index in [1.54, 1.807) is 6.92 Å². The first-order valence-electron chi connectivity index (χ1n) is 4.96. The van der Waals surface area contributed by atoms with Gasteiger partial charge in [-0.05, 0) is 25.1 Å². The molecule has 1 aliphatic heterocycles. The maximum atomic E-state index is 11.5. The van der Waals surface area contributed by atoms with Gasteiger partial charge in [0.15, 0.2) is 11.5 Å². The number of carbonyl (C=O) groups is 1. The van der Waals surface area contributed by atoms with Crippen LogP contribution in [0.3, 0.4) is 0 Å². The second kappa shape index (κ2) is 4.49. The largest absolute Gasteiger partial charge is 0.491 e. The highest BCUT2D eigenvalue weighted by Crippen LogP contribution is 2.64. The molecule has 0 aromatic heterocycles. The van der Waals surface area contributed by atoms with E-state index in [4.69, 9.17) is 18.3 Å². The molecule has 0 fully saturated rings. The van der Waals surface area contributed by atoms with E-state index in [2.05, 4.69) is 0 Å². The normalized spacial score (nSPS) is 21.4. The average Bonchev–Trinajstić information content (AvgIpc) is 2.65. The maximum absolute atomic E-state index is 11.5. The fraction of sp³-hybridized carbons (Fsp3) is 0.300. The monoisotopic (exact) mass is 259 g/mol. The lowest BCUT2D eigenvalue weighted by Gasteiger charge is -2.16. The van der Waals surface area contributed by atoms with Gasteiger partial charge in [0.05, 0.1) is 12.2 Å². The first-order chi connectivity index (χ1) is 8.08. The lowest BCUT2D eigenvalue weighted by Crippen LogP contribution is -2.04. The van der Waals surface area contributed by atoms with Gasteiger partial charge in [0.1, 0.15) is 0 Å². The van der Waals surface area contributed by atoms with E-state index in [0.717, 1.165) is 0 Å². The standard InChI is InChI=1S/C10H12O6P/c1-3-14-10(11)7-4-5-8-9(6-7)16-17(12,13-2)15-8/h4-6,12H,3H2,1-2H3. The van der Waals surface area contributed by atoms with Gasteiger partial charge >= 0.3 is 14.1 Å². The van der Waals surface area contributed by atoms with Crippen molar-refractivity contribution in [2.24, 2.45) is 0 Å². The van der Waals surface area contributed by atoms with Crippen molar-refractivity contribution in [3.05, 3.63) is 23.8 Å². The molecule has 17 heavy (non-hydrogen) atoms. The van der Waals surface area contributed by atoms with Crippen molar-refractivity contribution < 1.29 is 28.0 Å². The summed E-state index contributed by atoms with van der Waals surface area (Å²) in [5, 5.41) is 0. The Balaban J connectivity index is 2.24. The lowest BCUT2D eigenvalue weighted by atomic mass is 10.2. The van der Waals surface area contributed by atoms with Crippen LogP contribution >= 0.6 is 8.17 Å². The number of hydrogen-bond donors (Lipinski definition) is 1. The predicted molar refractivity (Wildman–Crippen MR) is 59.8 cm³/mol. The Morgan fingerprint density at radius 3 is 2.76 bits per heavy atom. The quantitative estimate of drug-likeness (QED) is 0.660. The average molecular weight is 259 g/mol. The zero-order valence-corrected chi connectivity index (χ0v) is 10.3. The molecule has 1 aliphatic rings. The highest BCUT2D eigenvalue weighted by molar-refractivity contribution is 7.56. The minimum Gasteiger partial charge on any atom is -0.462 e. The van der Waals surface area contributed by atoms with Crippen molar-refractivity contribution in [2.75, 3.05) is 13.7 Å². The second-order valence-corrected chi connectivity index (χ2v) is 4.88. The Hall–Kier alpha value is -1.36. The van der Waals surface area contributed by atoms with Crippen LogP contribution in [0.5, 0.6) is 11.5 Å². The molecular weight excluding hydrogens is 247 g/mol. The summed E-state index contributed by atoms with van der Waals surface area (Å²) in [5.41, 5.74) is 0.332. The molecule has 0 bridgehead atoms. The molecule has 1 aromatic carbocycles. The van der Waals surface area contributed by atoms with Crippen LogP contribution in [0.1, 0.15) is 17.3 Å². The topological polar surface area (TPSA) is 74.2 Å². The number of hydrogen-bond acceptors (Lipinski definition) is 6. The van der Waals surface area contributed by atoms with Gasteiger partial charge in [-0.25, -0.2) is 4.79 Å². The van der Waals surface area contributed by atoms with Crippen LogP contribution in [0.25, 0.3) is 0 Å². The molecule has 0 amide bonds. The van der Waals surface area contributed by atoms with Crippen LogP contribution in [0, 0.1) is 0 Å². The third-order valence-electron chi connectivity index (χ3n) is 2.11. The van der Waals surface area contributed by atoms with E-state index in [1.807, 2.05) is 0 Å². The first kappa shape index (κ1) is 12.1. The zero-order chi connectivity index (χ0) is 12.5. The third kappa shape index (κ3) is 2.34. The molecule has 1 atom stereocenters. The van der Waals surface area contributed by atoms with Crippen molar-refractivity contribution in [1.29, 1.82) is 0 Å². The van der Waals surface area contributed by atoms with E-state index >= 15 is 0 Å². The summed E-state index contributed by atoms with van der Waals surface area (Å²) < 4.78 is 19.8. The molecule has 0 aliphatic carbocycles. The summed E-state index contributed by atoms with van der Waals surface area (Å²) in [6, 6.07) is 4.51. The van der Waals surface area contributed by atoms with Crippen LogP contribution in [-0.4, -0.2) is 24.6 Å². The Bertz CT molecular complexity index is 448. The summed E-state index contributed by atoms with van der Waals surface area (Å²) in [7, 11) is -2.02. The molecule has 0 saturated heterocycles. The Morgan fingerprint density at radius 1 is 1.41 bits per heavy atom. The molecule has 1 aromatic rings. The molecule has 7 heteroatoms. The van der Waals surface area contributed by atoms with Crippen LogP contribution in [0.4, 0.5) is 0 Å². The zero-order valence-electron chi connectivity index (χ0n) is 9.37. The van der Waals surface area contributed by atoms with Crippen molar-refractivity contribution in [2.45, 2.75) is 6.92 Å². The van der Waals surface area contributed by atoms with Gasteiger partial charge < -0.3 is 13.8 Å². The van der Waals surface area contributed by atoms with Crippen LogP contribution < -0.4 is 9.05 Å². The summed E-state index contributed by atoms with van der Waals surface area (Å²) in [6.07, 6.45) is 0. The highest BCUT2D eigenvalue weighted by Gasteiger charge is 2.40. The van der Waals surface area contributed by atoms with Gasteiger partial charge in [-0.15, -0.1) is 0 Å². The number of esters is 1. The van der Waals surface area contributed by atoms with Gasteiger partial charge in [-0.2, -0.15) is 0 Å². The smallest absolute Gasteiger partial charge is 0.462 e. The van der Waals surface area contributed by atoms with E-state index in [9.17, 15) is 9.69 Å². The SMILES string of the molecule is CCOC(=O)c1ccc2c(c1)O[P](O)(OC)O2. The second-order valence-electron chi connectivity index (χ2n) is 3.22. The minimum atomic E-state index is -3.30. The number of fused-ring (bicyclic) bond motifs is 1. The van der Waals surface area contributed by atoms with Crippen LogP contribution in [0.2, 0.25) is 0 Å². The number of ether oxygens (including phenoxy) is 1. The van der Waals surface area contributed by atoms with Crippen LogP contribution in [0.15, 0.2) is 18.2 Å². The Kier molecular flexibility index (Phi) is 3.19. The van der Waals surface area contributed by atoms with Gasteiger partial charge in [0.25, 0.3) is 0 Å². The maximum Gasteiger partial charge on any atom is 0.491 e. The molecule has 0 saturated carbocycles. The summed E-state index contributed by atoms with van der Waals surface area (Å²) in [6.45, 7) is 2.02. The first-order valence-corrected chi connectivity index (χ1v) is 6.45. The van der Waals surface area contributed by atoms with E-state index in [-0.39, 0.29) is 5.75 Å². The minimum absolute atomic E-state index is 0.272. The Morgan fingerprint density at radius 2 is 2.12 bits per heavy atom. The summed E-state index contributed by atoms with van der Waals surface area (Å²) in [4.78, 5) is 21.2. The molecule has 0 spiro atoms. The van der Waals surface area contributed by atoms with Crippen molar-refractivity contribution in [3.8, 4) is 11.5 Å². The van der Waals surface area contributed by atoms with E-state index in [0.29, 0.717) is 17.9 Å². The van der Waals surface area contributed by atoms with Gasteiger partial charge in [0.2, 0.25) is 0 Å². The molecule has 1 heterocycles. The molecule has 93 valence electrons. The van der Waals surface area contributed by atoms with Crippen molar-refractivity contribution in [1.82, 2.24) is 0 Å². The number of rotatable bonds is 3. The molecule has 1 N–H and O–H groups in total. The third-order valence-corrected chi connectivity index (χ3v) is 3.43. The van der Waals surface area contributed by atoms with Gasteiger partial charge in [-0.1, -0.05) is 0 Å². The van der Waals surface area contributed by atoms with Crippen LogP contribution in [-0.2, 0) is 9.26 Å². The highest BCUT2D eigenvalue weighted by atomic mass is 31.2. The molecular formula is C10H12O6P. The van der Waals surface area contributed by atoms with Gasteiger partial charge in [0, 0.05) is 7.11 Å². The summed E-state index contributed by atoms with van der Waals surface area (Å²) in [5.74, 6) is 0.161. The number of carbonyl (C=O) groups excluding carboxylic acids is 1. The molecule has 1 radical (unpaired) electrons. The fourth-order valence-electron chi connectivity index (χ4n) is 1.34. The molecule has 6 nitrogen and oxygen atoms in total. The molecule has 1 unspecified atom stereocenters. The van der Waals surface area contributed by atoms with Gasteiger partial charge in [-0.3, -0.25) is 9.42 Å². The molecule has 2 rings (SSSR count). The predicted octanol–water partition coefficient (Wildman–Crippen LogP) is 1.95. The van der Waals surface area contributed by atoms with E-state index < -0.39 is 14.1 Å². The van der Waals surface area contributed by atoms with Crippen molar-refractivity contribution >= 4 is 14.1 Å². The van der Waals surface area contributed by atoms with E-state index in [1.165, 1.54) is 25.3 Å². The fourth-order valence-corrected chi connectivity index (χ4v) is 2.31. The summed E-state index contributed by atoms with van der Waals surface area (Å²) >= 11 is 0. The van der Waals surface area contributed by atoms with Crippen molar-refractivity contribution in [3.63, 3.8) is 0 Å². The Labute approximate surface area is 98.7 Å².